The van der Waals surface area contributed by atoms with E-state index in [1.54, 1.807) is 51.4 Å². The topological polar surface area (TPSA) is 88.5 Å². The Kier molecular flexibility index (Phi) is 3.76. The van der Waals surface area contributed by atoms with Gasteiger partial charge in [0.25, 0.3) is 5.56 Å². The van der Waals surface area contributed by atoms with Crippen LogP contribution in [0, 0.1) is 6.92 Å². The highest BCUT2D eigenvalue weighted by Crippen LogP contribution is 2.14. The van der Waals surface area contributed by atoms with Crippen molar-refractivity contribution in [1.82, 2.24) is 19.9 Å². The molecular weight excluding hydrogens is 272 g/mol. The van der Waals surface area contributed by atoms with Gasteiger partial charge < -0.3 is 15.0 Å². The van der Waals surface area contributed by atoms with E-state index in [0.717, 1.165) is 0 Å². The molecule has 0 radical (unpaired) electrons. The fraction of sp³-hybridized carbons (Fsp3) is 0.500. The minimum atomic E-state index is -0.551. The van der Waals surface area contributed by atoms with Crippen molar-refractivity contribution in [3.63, 3.8) is 0 Å². The van der Waals surface area contributed by atoms with Crippen molar-refractivity contribution < 1.29 is 9.53 Å². The van der Waals surface area contributed by atoms with Crippen LogP contribution in [0.25, 0.3) is 5.65 Å². The van der Waals surface area contributed by atoms with E-state index in [1.165, 1.54) is 0 Å². The third-order valence-electron chi connectivity index (χ3n) is 2.85. The highest BCUT2D eigenvalue weighted by Gasteiger charge is 2.19. The van der Waals surface area contributed by atoms with Crippen LogP contribution in [-0.4, -0.2) is 26.3 Å². The summed E-state index contributed by atoms with van der Waals surface area (Å²) in [6.45, 7) is 8.92. The standard InChI is InChI=1S/C14H20N4O3/c1-8-7-18-11(16-12(8)19)6-10(17-18)9(2)15-13(20)21-14(3,4)5/h6-7,9H,1-5H3,(H,15,20)(H,16,19)/t9-/m0/s1. The molecule has 0 bridgehead atoms. The average Bonchev–Trinajstić information content (AvgIpc) is 2.70. The molecule has 7 heteroatoms. The molecule has 0 saturated carbocycles. The second-order valence-electron chi connectivity index (χ2n) is 6.03. The Morgan fingerprint density at radius 1 is 1.48 bits per heavy atom. The number of aromatic amines is 1. The number of nitrogens with one attached hydrogen (secondary N) is 2. The van der Waals surface area contributed by atoms with Gasteiger partial charge in [0.05, 0.1) is 11.7 Å². The zero-order valence-electron chi connectivity index (χ0n) is 12.9. The van der Waals surface area contributed by atoms with Gasteiger partial charge in [0, 0.05) is 17.8 Å². The van der Waals surface area contributed by atoms with Crippen molar-refractivity contribution in [1.29, 1.82) is 0 Å². The summed E-state index contributed by atoms with van der Waals surface area (Å²) in [4.78, 5) is 26.0. The summed E-state index contributed by atoms with van der Waals surface area (Å²) in [6, 6.07) is 1.40. The number of alkyl carbamates (subject to hydrolysis) is 1. The first-order chi connectivity index (χ1) is 9.65. The molecule has 2 aromatic heterocycles. The van der Waals surface area contributed by atoms with Crippen LogP contribution in [0.1, 0.15) is 45.0 Å². The third kappa shape index (κ3) is 3.62. The quantitative estimate of drug-likeness (QED) is 0.885. The van der Waals surface area contributed by atoms with E-state index in [9.17, 15) is 9.59 Å². The van der Waals surface area contributed by atoms with Crippen molar-refractivity contribution in [3.8, 4) is 0 Å². The van der Waals surface area contributed by atoms with E-state index in [-0.39, 0.29) is 11.6 Å². The van der Waals surface area contributed by atoms with Gasteiger partial charge in [-0.3, -0.25) is 4.79 Å². The summed E-state index contributed by atoms with van der Waals surface area (Å²) in [7, 11) is 0. The number of carbonyl (C=O) groups is 1. The van der Waals surface area contributed by atoms with Crippen molar-refractivity contribution in [2.24, 2.45) is 0 Å². The maximum absolute atomic E-state index is 11.7. The van der Waals surface area contributed by atoms with Crippen LogP contribution in [-0.2, 0) is 4.74 Å². The van der Waals surface area contributed by atoms with Crippen molar-refractivity contribution in [2.75, 3.05) is 0 Å². The van der Waals surface area contributed by atoms with Gasteiger partial charge in [-0.1, -0.05) is 0 Å². The Bertz CT molecular complexity index is 724. The van der Waals surface area contributed by atoms with Crippen molar-refractivity contribution in [2.45, 2.75) is 46.3 Å². The van der Waals surface area contributed by atoms with Gasteiger partial charge in [0.1, 0.15) is 11.2 Å². The smallest absolute Gasteiger partial charge is 0.408 e. The molecule has 2 N–H and O–H groups in total. The van der Waals surface area contributed by atoms with Gasteiger partial charge in [-0.15, -0.1) is 0 Å². The average molecular weight is 292 g/mol. The molecule has 2 rings (SSSR count). The normalized spacial score (nSPS) is 13.2. The summed E-state index contributed by atoms with van der Waals surface area (Å²) in [5.74, 6) is 0. The van der Waals surface area contributed by atoms with E-state index < -0.39 is 11.7 Å². The lowest BCUT2D eigenvalue weighted by Crippen LogP contribution is -2.34. The summed E-state index contributed by atoms with van der Waals surface area (Å²) < 4.78 is 6.78. The highest BCUT2D eigenvalue weighted by atomic mass is 16.6. The third-order valence-corrected chi connectivity index (χ3v) is 2.85. The minimum Gasteiger partial charge on any atom is -0.444 e. The number of hydrogen-bond acceptors (Lipinski definition) is 4. The summed E-state index contributed by atoms with van der Waals surface area (Å²) in [6.07, 6.45) is 1.15. The molecule has 114 valence electrons. The largest absolute Gasteiger partial charge is 0.444 e. The first-order valence-electron chi connectivity index (χ1n) is 6.74. The van der Waals surface area contributed by atoms with Crippen LogP contribution in [0.4, 0.5) is 4.79 Å². The van der Waals surface area contributed by atoms with Gasteiger partial charge in [0.15, 0.2) is 0 Å². The van der Waals surface area contributed by atoms with Gasteiger partial charge in [-0.25, -0.2) is 9.31 Å². The number of ether oxygens (including phenoxy) is 1. The summed E-state index contributed by atoms with van der Waals surface area (Å²) in [5, 5.41) is 7.05. The molecule has 21 heavy (non-hydrogen) atoms. The summed E-state index contributed by atoms with van der Waals surface area (Å²) >= 11 is 0. The van der Waals surface area contributed by atoms with Crippen LogP contribution in [0.15, 0.2) is 17.1 Å². The predicted octanol–water partition coefficient (Wildman–Crippen LogP) is 1.92. The minimum absolute atomic E-state index is 0.151. The van der Waals surface area contributed by atoms with E-state index in [4.69, 9.17) is 4.74 Å². The number of nitrogens with zero attached hydrogens (tertiary/aromatic N) is 2. The molecule has 0 unspecified atom stereocenters. The Morgan fingerprint density at radius 3 is 2.76 bits per heavy atom. The molecular formula is C14H20N4O3. The van der Waals surface area contributed by atoms with Crippen molar-refractivity contribution >= 4 is 11.7 Å². The fourth-order valence-electron chi connectivity index (χ4n) is 1.83. The van der Waals surface area contributed by atoms with Gasteiger partial charge in [0.2, 0.25) is 0 Å². The molecule has 7 nitrogen and oxygen atoms in total. The number of aryl methyl sites for hydroxylation is 1. The van der Waals surface area contributed by atoms with E-state index in [2.05, 4.69) is 15.4 Å². The molecule has 2 aromatic rings. The maximum atomic E-state index is 11.7. The number of H-pyrrole nitrogens is 1. The highest BCUT2D eigenvalue weighted by molar-refractivity contribution is 5.68. The van der Waals surface area contributed by atoms with Crippen LogP contribution in [0.2, 0.25) is 0 Å². The molecule has 2 heterocycles. The van der Waals surface area contributed by atoms with Gasteiger partial charge >= 0.3 is 6.09 Å². The number of rotatable bonds is 2. The van der Waals surface area contributed by atoms with E-state index >= 15 is 0 Å². The molecule has 0 aromatic carbocycles. The number of carbonyl (C=O) groups excluding carboxylic acids is 1. The monoisotopic (exact) mass is 292 g/mol. The molecule has 1 amide bonds. The molecule has 0 aliphatic heterocycles. The molecule has 0 aliphatic carbocycles. The van der Waals surface area contributed by atoms with E-state index in [1.807, 2.05) is 0 Å². The number of aromatic nitrogens is 3. The van der Waals surface area contributed by atoms with Gasteiger partial charge in [-0.05, 0) is 34.6 Å². The van der Waals surface area contributed by atoms with Crippen LogP contribution >= 0.6 is 0 Å². The SMILES string of the molecule is Cc1cn2nc([C@H](C)NC(=O)OC(C)(C)C)cc2[nH]c1=O. The van der Waals surface area contributed by atoms with Gasteiger partial charge in [-0.2, -0.15) is 5.10 Å². The lowest BCUT2D eigenvalue weighted by Gasteiger charge is -2.21. The molecule has 0 fully saturated rings. The molecule has 0 aliphatic rings. The zero-order chi connectivity index (χ0) is 15.8. The second kappa shape index (κ2) is 5.23. The zero-order valence-corrected chi connectivity index (χ0v) is 12.9. The maximum Gasteiger partial charge on any atom is 0.408 e. The second-order valence-corrected chi connectivity index (χ2v) is 6.03. The molecule has 0 spiro atoms. The van der Waals surface area contributed by atoms with Crippen LogP contribution < -0.4 is 10.9 Å². The number of amides is 1. The van der Waals surface area contributed by atoms with E-state index in [0.29, 0.717) is 16.9 Å². The fourth-order valence-corrected chi connectivity index (χ4v) is 1.83. The Hall–Kier alpha value is -2.31. The first-order valence-corrected chi connectivity index (χ1v) is 6.74. The Morgan fingerprint density at radius 2 is 2.14 bits per heavy atom. The number of fused-ring (bicyclic) bond motifs is 1. The Labute approximate surface area is 122 Å². The summed E-state index contributed by atoms with van der Waals surface area (Å²) in [5.41, 5.74) is 1.09. The van der Waals surface area contributed by atoms with Crippen LogP contribution in [0.5, 0.6) is 0 Å². The lowest BCUT2D eigenvalue weighted by molar-refractivity contribution is 0.0507. The molecule has 1 atom stereocenters. The number of hydrogen-bond donors (Lipinski definition) is 2. The first kappa shape index (κ1) is 15.1. The predicted molar refractivity (Wildman–Crippen MR) is 78.3 cm³/mol. The van der Waals surface area contributed by atoms with Crippen molar-refractivity contribution in [3.05, 3.63) is 33.9 Å². The molecule has 0 saturated heterocycles. The lowest BCUT2D eigenvalue weighted by atomic mass is 10.2. The van der Waals surface area contributed by atoms with Crippen LogP contribution in [0.3, 0.4) is 0 Å². The Balaban J connectivity index is 2.18.